The van der Waals surface area contributed by atoms with Crippen molar-refractivity contribution in [1.82, 2.24) is 14.9 Å². The molecule has 1 N–H and O–H groups in total. The van der Waals surface area contributed by atoms with Gasteiger partial charge in [0.05, 0.1) is 6.54 Å². The van der Waals surface area contributed by atoms with Crippen LogP contribution in [0.3, 0.4) is 0 Å². The summed E-state index contributed by atoms with van der Waals surface area (Å²) in [4.78, 5) is 24.1. The molecule has 0 radical (unpaired) electrons. The lowest BCUT2D eigenvalue weighted by molar-refractivity contribution is -0.138. The smallest absolute Gasteiger partial charge is 0.317 e. The molecule has 2 heterocycles. The van der Waals surface area contributed by atoms with Crippen LogP contribution in [0.1, 0.15) is 12.6 Å². The highest BCUT2D eigenvalue weighted by Gasteiger charge is 2.20. The van der Waals surface area contributed by atoms with Gasteiger partial charge in [-0.3, -0.25) is 9.69 Å². The molecule has 7 heteroatoms. The van der Waals surface area contributed by atoms with Crippen LogP contribution in [-0.2, 0) is 11.2 Å². The van der Waals surface area contributed by atoms with Crippen LogP contribution >= 0.6 is 0 Å². The van der Waals surface area contributed by atoms with Crippen molar-refractivity contribution < 1.29 is 14.3 Å². The first-order valence-electron chi connectivity index (χ1n) is 8.38. The van der Waals surface area contributed by atoms with Gasteiger partial charge in [-0.05, 0) is 30.7 Å². The molecule has 6 nitrogen and oxygen atoms in total. The topological polar surface area (TPSA) is 69.6 Å². The lowest BCUT2D eigenvalue weighted by Crippen LogP contribution is -2.48. The number of piperazine rings is 1. The zero-order valence-electron chi connectivity index (χ0n) is 14.2. The molecule has 1 saturated heterocycles. The van der Waals surface area contributed by atoms with E-state index in [1.165, 1.54) is 12.1 Å². The first-order chi connectivity index (χ1) is 12.0. The van der Waals surface area contributed by atoms with E-state index in [0.29, 0.717) is 18.9 Å². The molecule has 0 saturated carbocycles. The SMILES string of the molecule is CCc1cc(N2CCN(CC(=O)O)CC2)nc(-c2ccc(F)cc2)n1. The Bertz CT molecular complexity index is 743. The number of hydrogen-bond donors (Lipinski definition) is 1. The third kappa shape index (κ3) is 4.30. The van der Waals surface area contributed by atoms with Crippen LogP contribution in [0.2, 0.25) is 0 Å². The van der Waals surface area contributed by atoms with E-state index in [0.717, 1.165) is 36.6 Å². The molecule has 1 aliphatic heterocycles. The van der Waals surface area contributed by atoms with Crippen molar-refractivity contribution in [2.24, 2.45) is 0 Å². The average Bonchev–Trinajstić information content (AvgIpc) is 2.62. The van der Waals surface area contributed by atoms with Gasteiger partial charge in [-0.25, -0.2) is 14.4 Å². The van der Waals surface area contributed by atoms with Gasteiger partial charge in [0.25, 0.3) is 0 Å². The van der Waals surface area contributed by atoms with Crippen LogP contribution < -0.4 is 4.90 Å². The van der Waals surface area contributed by atoms with E-state index in [4.69, 9.17) is 5.11 Å². The molecule has 0 bridgehead atoms. The molecule has 1 fully saturated rings. The number of carboxylic acid groups (broad SMARTS) is 1. The monoisotopic (exact) mass is 344 g/mol. The highest BCUT2D eigenvalue weighted by atomic mass is 19.1. The first kappa shape index (κ1) is 17.3. The number of aromatic nitrogens is 2. The number of hydrogen-bond acceptors (Lipinski definition) is 5. The van der Waals surface area contributed by atoms with Gasteiger partial charge in [0.2, 0.25) is 0 Å². The zero-order valence-corrected chi connectivity index (χ0v) is 14.2. The van der Waals surface area contributed by atoms with E-state index in [1.807, 2.05) is 17.9 Å². The Labute approximate surface area is 145 Å². The number of halogens is 1. The summed E-state index contributed by atoms with van der Waals surface area (Å²) in [6.45, 7) is 4.91. The minimum absolute atomic E-state index is 0.0681. The maximum absolute atomic E-state index is 13.1. The predicted octanol–water partition coefficient (Wildman–Crippen LogP) is 2.05. The Balaban J connectivity index is 1.81. The lowest BCUT2D eigenvalue weighted by atomic mass is 10.2. The van der Waals surface area contributed by atoms with Crippen LogP contribution in [0.4, 0.5) is 10.2 Å². The molecule has 1 aliphatic rings. The molecule has 1 aromatic heterocycles. The molecular weight excluding hydrogens is 323 g/mol. The summed E-state index contributed by atoms with van der Waals surface area (Å²) in [5, 5.41) is 8.90. The van der Waals surface area contributed by atoms with Gasteiger partial charge in [-0.15, -0.1) is 0 Å². The second-order valence-electron chi connectivity index (χ2n) is 6.06. The maximum atomic E-state index is 13.1. The minimum atomic E-state index is -0.803. The fraction of sp³-hybridized carbons (Fsp3) is 0.389. The highest BCUT2D eigenvalue weighted by Crippen LogP contribution is 2.22. The molecule has 0 aliphatic carbocycles. The summed E-state index contributed by atoms with van der Waals surface area (Å²) in [6, 6.07) is 8.14. The molecular formula is C18H21FN4O2. The van der Waals surface area contributed by atoms with Crippen LogP contribution in [0, 0.1) is 5.82 Å². The number of benzene rings is 1. The van der Waals surface area contributed by atoms with E-state index in [1.54, 1.807) is 12.1 Å². The minimum Gasteiger partial charge on any atom is -0.480 e. The van der Waals surface area contributed by atoms with Gasteiger partial charge in [-0.2, -0.15) is 0 Å². The number of carbonyl (C=O) groups is 1. The lowest BCUT2D eigenvalue weighted by Gasteiger charge is -2.34. The van der Waals surface area contributed by atoms with Gasteiger partial charge in [0.15, 0.2) is 5.82 Å². The third-order valence-corrected chi connectivity index (χ3v) is 4.29. The fourth-order valence-electron chi connectivity index (χ4n) is 2.88. The van der Waals surface area contributed by atoms with Crippen LogP contribution in [0.25, 0.3) is 11.4 Å². The van der Waals surface area contributed by atoms with E-state index < -0.39 is 5.97 Å². The Hall–Kier alpha value is -2.54. The van der Waals surface area contributed by atoms with Crippen molar-refractivity contribution in [3.63, 3.8) is 0 Å². The predicted molar refractivity (Wildman–Crippen MR) is 93.1 cm³/mol. The summed E-state index contributed by atoms with van der Waals surface area (Å²) in [5.41, 5.74) is 1.71. The largest absolute Gasteiger partial charge is 0.480 e. The number of aliphatic carboxylic acids is 1. The van der Waals surface area contributed by atoms with E-state index >= 15 is 0 Å². The fourth-order valence-corrected chi connectivity index (χ4v) is 2.88. The number of carboxylic acids is 1. The summed E-state index contributed by atoms with van der Waals surface area (Å²) in [5.74, 6) is 0.330. The van der Waals surface area contributed by atoms with Gasteiger partial charge in [0.1, 0.15) is 11.6 Å². The molecule has 1 aromatic carbocycles. The van der Waals surface area contributed by atoms with Crippen molar-refractivity contribution in [3.05, 3.63) is 41.8 Å². The second kappa shape index (κ2) is 7.57. The second-order valence-corrected chi connectivity index (χ2v) is 6.06. The van der Waals surface area contributed by atoms with Crippen molar-refractivity contribution in [3.8, 4) is 11.4 Å². The number of aryl methyl sites for hydroxylation is 1. The molecule has 132 valence electrons. The maximum Gasteiger partial charge on any atom is 0.317 e. The van der Waals surface area contributed by atoms with Crippen molar-refractivity contribution in [1.29, 1.82) is 0 Å². The van der Waals surface area contributed by atoms with Gasteiger partial charge in [-0.1, -0.05) is 6.92 Å². The Morgan fingerprint density at radius 1 is 1.16 bits per heavy atom. The first-order valence-corrected chi connectivity index (χ1v) is 8.38. The molecule has 25 heavy (non-hydrogen) atoms. The summed E-state index contributed by atoms with van der Waals surface area (Å²) in [7, 11) is 0. The molecule has 2 aromatic rings. The normalized spacial score (nSPS) is 15.4. The van der Waals surface area contributed by atoms with E-state index in [-0.39, 0.29) is 12.4 Å². The van der Waals surface area contributed by atoms with Crippen LogP contribution in [0.5, 0.6) is 0 Å². The van der Waals surface area contributed by atoms with Crippen molar-refractivity contribution in [2.45, 2.75) is 13.3 Å². The van der Waals surface area contributed by atoms with Gasteiger partial charge in [0, 0.05) is 43.5 Å². The number of rotatable bonds is 5. The standard InChI is InChI=1S/C18H21FN4O2/c1-2-15-11-16(23-9-7-22(8-10-23)12-17(24)25)21-18(20-15)13-3-5-14(19)6-4-13/h3-6,11H,2,7-10,12H2,1H3,(H,24,25). The Morgan fingerprint density at radius 2 is 1.84 bits per heavy atom. The van der Waals surface area contributed by atoms with Gasteiger partial charge < -0.3 is 10.0 Å². The quantitative estimate of drug-likeness (QED) is 0.895. The van der Waals surface area contributed by atoms with Crippen molar-refractivity contribution >= 4 is 11.8 Å². The summed E-state index contributed by atoms with van der Waals surface area (Å²) >= 11 is 0. The van der Waals surface area contributed by atoms with Gasteiger partial charge >= 0.3 is 5.97 Å². The highest BCUT2D eigenvalue weighted by molar-refractivity contribution is 5.69. The van der Waals surface area contributed by atoms with E-state index in [2.05, 4.69) is 14.9 Å². The Morgan fingerprint density at radius 3 is 2.44 bits per heavy atom. The average molecular weight is 344 g/mol. The van der Waals surface area contributed by atoms with E-state index in [9.17, 15) is 9.18 Å². The molecule has 0 atom stereocenters. The van der Waals surface area contributed by atoms with Crippen LogP contribution in [0.15, 0.2) is 30.3 Å². The summed E-state index contributed by atoms with van der Waals surface area (Å²) < 4.78 is 13.1. The number of nitrogens with zero attached hydrogens (tertiary/aromatic N) is 4. The molecule has 0 amide bonds. The molecule has 0 spiro atoms. The Kier molecular flexibility index (Phi) is 5.23. The summed E-state index contributed by atoms with van der Waals surface area (Å²) in [6.07, 6.45) is 0.780. The molecule has 3 rings (SSSR count). The molecule has 0 unspecified atom stereocenters. The van der Waals surface area contributed by atoms with Crippen molar-refractivity contribution in [2.75, 3.05) is 37.6 Å². The zero-order chi connectivity index (χ0) is 17.8. The number of anilines is 1. The van der Waals surface area contributed by atoms with Crippen LogP contribution in [-0.4, -0.2) is 58.7 Å². The third-order valence-electron chi connectivity index (χ3n) is 4.29.